The van der Waals surface area contributed by atoms with Crippen molar-refractivity contribution < 1.29 is 26.0 Å². The number of nitrogens with zero attached hydrogens (tertiary/aromatic N) is 3. The van der Waals surface area contributed by atoms with E-state index >= 15 is 0 Å². The van der Waals surface area contributed by atoms with Gasteiger partial charge in [-0.15, -0.1) is 0 Å². The van der Waals surface area contributed by atoms with Crippen molar-refractivity contribution in [1.29, 1.82) is 5.26 Å². The van der Waals surface area contributed by atoms with Gasteiger partial charge in [0.1, 0.15) is 10.7 Å². The lowest BCUT2D eigenvalue weighted by Crippen LogP contribution is -2.08. The number of aryl methyl sites for hydroxylation is 1. The molecule has 1 heterocycles. The minimum Gasteiger partial charge on any atom is -0.232 e. The van der Waals surface area contributed by atoms with Gasteiger partial charge in [0.2, 0.25) is 0 Å². The lowest BCUT2D eigenvalue weighted by molar-refractivity contribution is -0.141. The largest absolute Gasteiger partial charge is 0.435 e. The summed E-state index contributed by atoms with van der Waals surface area (Å²) < 4.78 is 78.1. The Bertz CT molecular complexity index is 1260. The van der Waals surface area contributed by atoms with Crippen LogP contribution in [0.4, 0.5) is 17.6 Å². The van der Waals surface area contributed by atoms with E-state index in [2.05, 4.69) is 5.10 Å². The van der Waals surface area contributed by atoms with Crippen molar-refractivity contribution in [2.45, 2.75) is 18.0 Å². The molecule has 3 aromatic rings. The highest BCUT2D eigenvalue weighted by Crippen LogP contribution is 2.34. The zero-order valence-electron chi connectivity index (χ0n) is 15.1. The molecule has 1 aromatic heterocycles. The Labute approximate surface area is 163 Å². The number of nitriles is 1. The maximum absolute atomic E-state index is 14.3. The second kappa shape index (κ2) is 7.00. The lowest BCUT2D eigenvalue weighted by atomic mass is 10.0. The molecule has 0 aliphatic rings. The molecule has 0 saturated heterocycles. The predicted molar refractivity (Wildman–Crippen MR) is 96.5 cm³/mol. The van der Waals surface area contributed by atoms with E-state index in [-0.39, 0.29) is 22.5 Å². The third-order valence-corrected chi connectivity index (χ3v) is 5.34. The molecule has 0 aliphatic carbocycles. The van der Waals surface area contributed by atoms with Crippen molar-refractivity contribution in [3.8, 4) is 23.0 Å². The van der Waals surface area contributed by atoms with Gasteiger partial charge in [-0.25, -0.2) is 17.5 Å². The van der Waals surface area contributed by atoms with Gasteiger partial charge in [0.25, 0.3) is 0 Å². The van der Waals surface area contributed by atoms with Gasteiger partial charge in [0.15, 0.2) is 15.5 Å². The van der Waals surface area contributed by atoms with Crippen molar-refractivity contribution in [2.24, 2.45) is 0 Å². The molecule has 2 aromatic carbocycles. The number of benzene rings is 2. The maximum Gasteiger partial charge on any atom is 0.435 e. The SMILES string of the molecule is Cc1ccc(-c2cc(C(F)(F)F)nn2-c2ccc(S(C)(=O)=O)c(F)c2)cc1C#N. The molecule has 5 nitrogen and oxygen atoms in total. The van der Waals surface area contributed by atoms with Crippen LogP contribution in [-0.4, -0.2) is 24.5 Å². The fourth-order valence-electron chi connectivity index (χ4n) is 2.75. The zero-order chi connectivity index (χ0) is 21.6. The average Bonchev–Trinajstić information content (AvgIpc) is 3.06. The van der Waals surface area contributed by atoms with Crippen LogP contribution >= 0.6 is 0 Å². The molecular formula is C19H13F4N3O2S. The summed E-state index contributed by atoms with van der Waals surface area (Å²) in [6.45, 7) is 1.68. The molecule has 0 bridgehead atoms. The first-order valence-corrected chi connectivity index (χ1v) is 9.99. The summed E-state index contributed by atoms with van der Waals surface area (Å²) >= 11 is 0. The van der Waals surface area contributed by atoms with Crippen LogP contribution in [0, 0.1) is 24.1 Å². The average molecular weight is 423 g/mol. The normalized spacial score (nSPS) is 12.0. The third-order valence-electron chi connectivity index (χ3n) is 4.21. The van der Waals surface area contributed by atoms with Crippen LogP contribution in [0.2, 0.25) is 0 Å². The maximum atomic E-state index is 14.3. The summed E-state index contributed by atoms with van der Waals surface area (Å²) in [4.78, 5) is -0.576. The molecular weight excluding hydrogens is 410 g/mol. The summed E-state index contributed by atoms with van der Waals surface area (Å²) in [5.74, 6) is -1.11. The molecule has 29 heavy (non-hydrogen) atoms. The number of alkyl halides is 3. The number of hydrogen-bond donors (Lipinski definition) is 0. The van der Waals surface area contributed by atoms with E-state index in [4.69, 9.17) is 0 Å². The molecule has 0 atom stereocenters. The monoisotopic (exact) mass is 423 g/mol. The molecule has 0 amide bonds. The zero-order valence-corrected chi connectivity index (χ0v) is 15.9. The van der Waals surface area contributed by atoms with Crippen molar-refractivity contribution in [3.05, 3.63) is 65.1 Å². The Hall–Kier alpha value is -3.19. The van der Waals surface area contributed by atoms with Crippen molar-refractivity contribution in [2.75, 3.05) is 6.26 Å². The summed E-state index contributed by atoms with van der Waals surface area (Å²) in [7, 11) is -3.85. The van der Waals surface area contributed by atoms with Gasteiger partial charge in [0.05, 0.1) is 23.0 Å². The van der Waals surface area contributed by atoms with Gasteiger partial charge < -0.3 is 0 Å². The van der Waals surface area contributed by atoms with Gasteiger partial charge >= 0.3 is 6.18 Å². The second-order valence-electron chi connectivity index (χ2n) is 6.35. The minimum absolute atomic E-state index is 0.0275. The van der Waals surface area contributed by atoms with Crippen LogP contribution in [0.15, 0.2) is 47.4 Å². The van der Waals surface area contributed by atoms with E-state index in [1.54, 1.807) is 13.0 Å². The summed E-state index contributed by atoms with van der Waals surface area (Å²) in [5.41, 5.74) is -0.161. The number of aromatic nitrogens is 2. The topological polar surface area (TPSA) is 75.8 Å². The third kappa shape index (κ3) is 4.00. The smallest absolute Gasteiger partial charge is 0.232 e. The molecule has 0 fully saturated rings. The molecule has 3 rings (SSSR count). The van der Waals surface area contributed by atoms with Gasteiger partial charge in [-0.1, -0.05) is 12.1 Å². The van der Waals surface area contributed by atoms with Crippen LogP contribution in [0.5, 0.6) is 0 Å². The first-order valence-electron chi connectivity index (χ1n) is 8.10. The number of sulfone groups is 1. The summed E-state index contributed by atoms with van der Waals surface area (Å²) in [5, 5.41) is 12.7. The lowest BCUT2D eigenvalue weighted by Gasteiger charge is -2.10. The van der Waals surface area contributed by atoms with Crippen molar-refractivity contribution >= 4 is 9.84 Å². The van der Waals surface area contributed by atoms with Crippen LogP contribution in [0.3, 0.4) is 0 Å². The fraction of sp³-hybridized carbons (Fsp3) is 0.158. The standard InChI is InChI=1S/C19H13F4N3O2S/c1-11-3-4-12(7-13(11)10-24)16-9-18(19(21,22)23)25-26(16)14-5-6-17(15(20)8-14)29(2,27)28/h3-9H,1-2H3. The van der Waals surface area contributed by atoms with E-state index in [1.165, 1.54) is 12.1 Å². The number of hydrogen-bond acceptors (Lipinski definition) is 4. The van der Waals surface area contributed by atoms with Crippen molar-refractivity contribution in [3.63, 3.8) is 0 Å². The Morgan fingerprint density at radius 1 is 1.10 bits per heavy atom. The first-order chi connectivity index (χ1) is 13.4. The van der Waals surface area contributed by atoms with Crippen LogP contribution in [-0.2, 0) is 16.0 Å². The molecule has 0 spiro atoms. The number of rotatable bonds is 3. The fourth-order valence-corrected chi connectivity index (χ4v) is 3.47. The Morgan fingerprint density at radius 2 is 1.79 bits per heavy atom. The van der Waals surface area contributed by atoms with Crippen molar-refractivity contribution in [1.82, 2.24) is 9.78 Å². The highest BCUT2D eigenvalue weighted by atomic mass is 32.2. The van der Waals surface area contributed by atoms with E-state index < -0.39 is 32.4 Å². The van der Waals surface area contributed by atoms with E-state index in [9.17, 15) is 31.2 Å². The van der Waals surface area contributed by atoms with Gasteiger partial charge in [-0.2, -0.15) is 23.5 Å². The Kier molecular flexibility index (Phi) is 4.96. The molecule has 10 heteroatoms. The molecule has 0 N–H and O–H groups in total. The van der Waals surface area contributed by atoms with Crippen LogP contribution < -0.4 is 0 Å². The van der Waals surface area contributed by atoms with Gasteiger partial charge in [-0.05, 0) is 36.8 Å². The molecule has 0 unspecified atom stereocenters. The Morgan fingerprint density at radius 3 is 2.34 bits per heavy atom. The molecule has 0 saturated carbocycles. The Balaban J connectivity index is 2.26. The van der Waals surface area contributed by atoms with Gasteiger partial charge in [-0.3, -0.25) is 0 Å². The summed E-state index contributed by atoms with van der Waals surface area (Å²) in [6, 6.07) is 10.2. The van der Waals surface area contributed by atoms with E-state index in [0.717, 1.165) is 35.2 Å². The minimum atomic E-state index is -4.76. The predicted octanol–water partition coefficient (Wildman–Crippen LogP) is 4.28. The van der Waals surface area contributed by atoms with Crippen LogP contribution in [0.25, 0.3) is 16.9 Å². The second-order valence-corrected chi connectivity index (χ2v) is 8.34. The van der Waals surface area contributed by atoms with E-state index in [1.807, 2.05) is 6.07 Å². The highest BCUT2D eigenvalue weighted by Gasteiger charge is 2.35. The number of halogens is 4. The van der Waals surface area contributed by atoms with Gasteiger partial charge in [0, 0.05) is 17.9 Å². The van der Waals surface area contributed by atoms with Crippen LogP contribution in [0.1, 0.15) is 16.8 Å². The quantitative estimate of drug-likeness (QED) is 0.590. The highest BCUT2D eigenvalue weighted by molar-refractivity contribution is 7.90. The summed E-state index contributed by atoms with van der Waals surface area (Å²) in [6.07, 6.45) is -3.93. The molecule has 0 aliphatic heterocycles. The molecule has 150 valence electrons. The first kappa shape index (κ1) is 20.5. The molecule has 0 radical (unpaired) electrons. The van der Waals surface area contributed by atoms with E-state index in [0.29, 0.717) is 5.56 Å².